The van der Waals surface area contributed by atoms with Crippen molar-refractivity contribution in [2.24, 2.45) is 4.99 Å². The molecule has 0 heterocycles. The molecule has 1 nitrogen and oxygen atoms in total. The van der Waals surface area contributed by atoms with E-state index in [1.54, 1.807) is 0 Å². The Hall–Kier alpha value is -4.23. The number of hydrogen-bond donors (Lipinski definition) is 0. The molecule has 0 saturated heterocycles. The van der Waals surface area contributed by atoms with Crippen molar-refractivity contribution in [2.45, 2.75) is 41.2 Å². The first kappa shape index (κ1) is 25.4. The zero-order valence-corrected chi connectivity index (χ0v) is 23.0. The molecular weight excluding hydrogens is 458 g/mol. The smallest absolute Gasteiger partial charge is 0.0643 e. The van der Waals surface area contributed by atoms with Gasteiger partial charge in [0.15, 0.2) is 0 Å². The minimum Gasteiger partial charge on any atom is -0.285 e. The summed E-state index contributed by atoms with van der Waals surface area (Å²) < 4.78 is 0. The molecule has 0 unspecified atom stereocenters. The van der Waals surface area contributed by atoms with Crippen LogP contribution in [0.1, 0.15) is 40.3 Å². The van der Waals surface area contributed by atoms with Crippen molar-refractivity contribution >= 4 is 5.71 Å². The van der Waals surface area contributed by atoms with E-state index in [1.807, 2.05) is 6.07 Å². The molecule has 0 N–H and O–H groups in total. The van der Waals surface area contributed by atoms with Crippen LogP contribution in [0, 0.1) is 27.7 Å². The molecular formula is C37H35N. The summed E-state index contributed by atoms with van der Waals surface area (Å²) in [6, 6.07) is 39.3. The van der Waals surface area contributed by atoms with Gasteiger partial charge in [0.25, 0.3) is 0 Å². The molecule has 0 fully saturated rings. The second-order valence-corrected chi connectivity index (χ2v) is 10.2. The number of nitrogens with zero attached hydrogens (tertiary/aromatic N) is 1. The van der Waals surface area contributed by atoms with E-state index < -0.39 is 0 Å². The fourth-order valence-corrected chi connectivity index (χ4v) is 5.37. The van der Waals surface area contributed by atoms with Crippen LogP contribution in [0.2, 0.25) is 0 Å². The molecule has 5 aromatic carbocycles. The van der Waals surface area contributed by atoms with Crippen LogP contribution in [-0.4, -0.2) is 5.71 Å². The molecule has 0 saturated carbocycles. The van der Waals surface area contributed by atoms with E-state index in [-0.39, 0.29) is 0 Å². The van der Waals surface area contributed by atoms with Gasteiger partial charge in [-0.3, -0.25) is 4.99 Å². The first-order valence-electron chi connectivity index (χ1n) is 13.4. The number of aryl methyl sites for hydroxylation is 4. The normalized spacial score (nSPS) is 11.6. The average Bonchev–Trinajstić information content (AvgIpc) is 2.93. The molecule has 5 rings (SSSR count). The molecule has 1 heteroatoms. The van der Waals surface area contributed by atoms with Crippen molar-refractivity contribution in [1.29, 1.82) is 0 Å². The molecule has 0 amide bonds. The number of hydrogen-bond acceptors (Lipinski definition) is 1. The quantitative estimate of drug-likeness (QED) is 0.209. The van der Waals surface area contributed by atoms with Gasteiger partial charge in [-0.15, -0.1) is 0 Å². The van der Waals surface area contributed by atoms with Crippen LogP contribution in [0.15, 0.2) is 114 Å². The minimum atomic E-state index is 0.661. The van der Waals surface area contributed by atoms with Crippen molar-refractivity contribution < 1.29 is 0 Å². The Bertz CT molecular complexity index is 1620. The predicted octanol–water partition coefficient (Wildman–Crippen LogP) is 9.93. The van der Waals surface area contributed by atoms with E-state index in [0.29, 0.717) is 6.54 Å². The Kier molecular flexibility index (Phi) is 7.38. The molecule has 0 aromatic heterocycles. The molecule has 0 aliphatic carbocycles. The molecule has 0 aliphatic rings. The van der Waals surface area contributed by atoms with E-state index in [4.69, 9.17) is 4.99 Å². The van der Waals surface area contributed by atoms with Gasteiger partial charge < -0.3 is 0 Å². The second-order valence-electron chi connectivity index (χ2n) is 10.2. The Morgan fingerprint density at radius 2 is 1.03 bits per heavy atom. The van der Waals surface area contributed by atoms with E-state index >= 15 is 0 Å². The minimum absolute atomic E-state index is 0.661. The van der Waals surface area contributed by atoms with Crippen LogP contribution >= 0.6 is 0 Å². The lowest BCUT2D eigenvalue weighted by molar-refractivity contribution is 1.06. The van der Waals surface area contributed by atoms with Crippen LogP contribution in [0.25, 0.3) is 33.4 Å². The summed E-state index contributed by atoms with van der Waals surface area (Å²) in [5.74, 6) is 0. The van der Waals surface area contributed by atoms with Crippen molar-refractivity contribution in [2.75, 3.05) is 0 Å². The highest BCUT2D eigenvalue weighted by molar-refractivity contribution is 5.98. The fourth-order valence-electron chi connectivity index (χ4n) is 5.37. The molecule has 0 aliphatic heterocycles. The van der Waals surface area contributed by atoms with Crippen molar-refractivity contribution in [1.82, 2.24) is 0 Å². The van der Waals surface area contributed by atoms with Crippen LogP contribution in [0.3, 0.4) is 0 Å². The highest BCUT2D eigenvalue weighted by atomic mass is 14.7. The van der Waals surface area contributed by atoms with Crippen molar-refractivity contribution in [3.05, 3.63) is 143 Å². The highest BCUT2D eigenvalue weighted by Crippen LogP contribution is 2.42. The van der Waals surface area contributed by atoms with Crippen molar-refractivity contribution in [3.8, 4) is 33.4 Å². The van der Waals surface area contributed by atoms with Gasteiger partial charge in [0.2, 0.25) is 0 Å². The molecule has 0 bridgehead atoms. The third kappa shape index (κ3) is 5.10. The Balaban J connectivity index is 1.63. The average molecular weight is 494 g/mol. The largest absolute Gasteiger partial charge is 0.285 e. The third-order valence-electron chi connectivity index (χ3n) is 7.51. The summed E-state index contributed by atoms with van der Waals surface area (Å²) in [7, 11) is 0. The van der Waals surface area contributed by atoms with Gasteiger partial charge in [0.1, 0.15) is 0 Å². The Labute approximate surface area is 227 Å². The number of rotatable bonds is 6. The highest BCUT2D eigenvalue weighted by Gasteiger charge is 2.18. The van der Waals surface area contributed by atoms with Gasteiger partial charge in [-0.05, 0) is 107 Å². The lowest BCUT2D eigenvalue weighted by atomic mass is 9.83. The standard InChI is InChI=1S/C37H35N/c1-25-13-9-10-18-32(25)36-27(3)14-11-19-33(36)34-20-12-15-28(4)37(34)35-23-30(22-21-26(35)2)24-38-29(5)31-16-7-6-8-17-31/h6-23H,24H2,1-5H3/b38-29+. The lowest BCUT2D eigenvalue weighted by Crippen LogP contribution is -1.98. The van der Waals surface area contributed by atoms with Crippen molar-refractivity contribution in [3.63, 3.8) is 0 Å². The summed E-state index contributed by atoms with van der Waals surface area (Å²) in [4.78, 5) is 4.92. The SMILES string of the molecule is C/C(=N\Cc1ccc(C)c(-c2c(C)cccc2-c2cccc(C)c2-c2ccccc2C)c1)c1ccccc1. The molecule has 0 spiro atoms. The zero-order valence-electron chi connectivity index (χ0n) is 23.0. The first-order chi connectivity index (χ1) is 18.4. The van der Waals surface area contributed by atoms with E-state index in [0.717, 1.165) is 5.71 Å². The summed E-state index contributed by atoms with van der Waals surface area (Å²) in [5.41, 5.74) is 16.3. The van der Waals surface area contributed by atoms with Gasteiger partial charge in [0.05, 0.1) is 6.54 Å². The first-order valence-corrected chi connectivity index (χ1v) is 13.4. The number of benzene rings is 5. The van der Waals surface area contributed by atoms with Crippen LogP contribution in [0.4, 0.5) is 0 Å². The monoisotopic (exact) mass is 493 g/mol. The molecule has 38 heavy (non-hydrogen) atoms. The van der Waals surface area contributed by atoms with Crippen LogP contribution in [-0.2, 0) is 6.54 Å². The second kappa shape index (κ2) is 11.0. The van der Waals surface area contributed by atoms with Gasteiger partial charge in [0, 0.05) is 5.71 Å². The van der Waals surface area contributed by atoms with Crippen LogP contribution in [0.5, 0.6) is 0 Å². The summed E-state index contributed by atoms with van der Waals surface area (Å²) in [6.07, 6.45) is 0. The maximum absolute atomic E-state index is 4.92. The third-order valence-corrected chi connectivity index (χ3v) is 7.51. The summed E-state index contributed by atoms with van der Waals surface area (Å²) in [5, 5.41) is 0. The Morgan fingerprint density at radius 1 is 0.500 bits per heavy atom. The summed E-state index contributed by atoms with van der Waals surface area (Å²) >= 11 is 0. The number of aliphatic imine (C=N–C) groups is 1. The molecule has 188 valence electrons. The lowest BCUT2D eigenvalue weighted by Gasteiger charge is -2.20. The zero-order chi connectivity index (χ0) is 26.6. The van der Waals surface area contributed by atoms with E-state index in [9.17, 15) is 0 Å². The van der Waals surface area contributed by atoms with Gasteiger partial charge in [-0.1, -0.05) is 103 Å². The predicted molar refractivity (Wildman–Crippen MR) is 164 cm³/mol. The molecule has 5 aromatic rings. The van der Waals surface area contributed by atoms with E-state index in [2.05, 4.69) is 138 Å². The molecule has 0 radical (unpaired) electrons. The maximum Gasteiger partial charge on any atom is 0.0643 e. The van der Waals surface area contributed by atoms with E-state index in [1.165, 1.54) is 66.8 Å². The topological polar surface area (TPSA) is 12.4 Å². The van der Waals surface area contributed by atoms with Gasteiger partial charge in [-0.25, -0.2) is 0 Å². The van der Waals surface area contributed by atoms with Gasteiger partial charge >= 0.3 is 0 Å². The molecule has 0 atom stereocenters. The maximum atomic E-state index is 4.92. The Morgan fingerprint density at radius 3 is 1.68 bits per heavy atom. The summed E-state index contributed by atoms with van der Waals surface area (Å²) in [6.45, 7) is 11.6. The van der Waals surface area contributed by atoms with Crippen LogP contribution < -0.4 is 0 Å². The fraction of sp³-hybridized carbons (Fsp3) is 0.162. The van der Waals surface area contributed by atoms with Gasteiger partial charge in [-0.2, -0.15) is 0 Å².